The molecule has 0 aromatic rings. The molecule has 1 saturated heterocycles. The number of esters is 1. The maximum Gasteiger partial charge on any atom is 0.315 e. The standard InChI is InChI=1S/C20H24O5/c1-4-16(2)7-8-19(23)12(10-16)13(21)20(24)14-17(3,15(22)25-20)6-5-11-9-18(11,14)19/h4,10-11,14,23-24H,1,5-9H2,2-3H3/t11-,14+,16+,17-,18-,19+,20-/m1/s1. The number of rotatable bonds is 1. The first-order chi connectivity index (χ1) is 11.6. The zero-order valence-corrected chi connectivity index (χ0v) is 14.7. The van der Waals surface area contributed by atoms with Crippen molar-refractivity contribution >= 4 is 11.8 Å². The van der Waals surface area contributed by atoms with Gasteiger partial charge in [0.1, 0.15) is 0 Å². The predicted octanol–water partition coefficient (Wildman–Crippen LogP) is 1.88. The molecule has 0 aromatic carbocycles. The van der Waals surface area contributed by atoms with E-state index in [1.54, 1.807) is 19.1 Å². The highest BCUT2D eigenvalue weighted by molar-refractivity contribution is 6.08. The number of hydrogen-bond acceptors (Lipinski definition) is 5. The van der Waals surface area contributed by atoms with Gasteiger partial charge < -0.3 is 14.9 Å². The average molecular weight is 344 g/mol. The normalized spacial score (nSPS) is 58.5. The van der Waals surface area contributed by atoms with Gasteiger partial charge in [-0.2, -0.15) is 0 Å². The summed E-state index contributed by atoms with van der Waals surface area (Å²) in [5.74, 6) is -3.73. The maximum absolute atomic E-state index is 13.3. The van der Waals surface area contributed by atoms with E-state index in [1.807, 2.05) is 6.92 Å². The number of ether oxygens (including phenoxy) is 1. The fourth-order valence-electron chi connectivity index (χ4n) is 6.69. The monoisotopic (exact) mass is 344 g/mol. The van der Waals surface area contributed by atoms with Gasteiger partial charge in [0.2, 0.25) is 5.78 Å². The van der Waals surface area contributed by atoms with Crippen molar-refractivity contribution in [1.82, 2.24) is 0 Å². The van der Waals surface area contributed by atoms with Crippen LogP contribution in [0.3, 0.4) is 0 Å². The molecule has 1 spiro atoms. The lowest BCUT2D eigenvalue weighted by atomic mass is 9.47. The van der Waals surface area contributed by atoms with Crippen LogP contribution in [0.5, 0.6) is 0 Å². The van der Waals surface area contributed by atoms with Crippen LogP contribution in [-0.4, -0.2) is 33.4 Å². The molecule has 5 aliphatic rings. The van der Waals surface area contributed by atoms with Crippen LogP contribution < -0.4 is 0 Å². The van der Waals surface area contributed by atoms with E-state index in [2.05, 4.69) is 6.58 Å². The Morgan fingerprint density at radius 1 is 1.24 bits per heavy atom. The Labute approximate surface area is 146 Å². The van der Waals surface area contributed by atoms with E-state index < -0.39 is 45.3 Å². The Kier molecular flexibility index (Phi) is 2.48. The third-order valence-corrected chi connectivity index (χ3v) is 8.17. The molecule has 3 saturated carbocycles. The van der Waals surface area contributed by atoms with E-state index in [0.29, 0.717) is 19.3 Å². The van der Waals surface area contributed by atoms with Crippen molar-refractivity contribution in [3.63, 3.8) is 0 Å². The minimum Gasteiger partial charge on any atom is -0.424 e. The van der Waals surface area contributed by atoms with Crippen LogP contribution in [0.25, 0.3) is 0 Å². The van der Waals surface area contributed by atoms with Crippen molar-refractivity contribution in [2.24, 2.45) is 28.1 Å². The SMILES string of the molecule is C=C[C@]1(C)C=C2C(=O)[C@@]3(O)OC(=O)[C@]4(C)CC[C@@H]5C[C@@]5([C@H]43)[C@]2(O)CC1. The van der Waals surface area contributed by atoms with Gasteiger partial charge in [-0.05, 0) is 44.9 Å². The van der Waals surface area contributed by atoms with Crippen LogP contribution in [0.15, 0.2) is 24.3 Å². The summed E-state index contributed by atoms with van der Waals surface area (Å²) in [6.07, 6.45) is 6.81. The molecular weight excluding hydrogens is 320 g/mol. The van der Waals surface area contributed by atoms with Gasteiger partial charge in [0.25, 0.3) is 5.79 Å². The van der Waals surface area contributed by atoms with E-state index >= 15 is 0 Å². The summed E-state index contributed by atoms with van der Waals surface area (Å²) in [6, 6.07) is 0. The van der Waals surface area contributed by atoms with Crippen LogP contribution in [-0.2, 0) is 14.3 Å². The molecule has 2 N–H and O–H groups in total. The molecule has 7 atom stereocenters. The van der Waals surface area contributed by atoms with Crippen LogP contribution in [0, 0.1) is 28.1 Å². The molecule has 5 heteroatoms. The van der Waals surface area contributed by atoms with Gasteiger partial charge in [0, 0.05) is 16.4 Å². The van der Waals surface area contributed by atoms with Crippen molar-refractivity contribution in [2.45, 2.75) is 57.3 Å². The van der Waals surface area contributed by atoms with Gasteiger partial charge in [-0.1, -0.05) is 19.1 Å². The number of hydrogen-bond donors (Lipinski definition) is 2. The number of carbonyl (C=O) groups is 2. The lowest BCUT2D eigenvalue weighted by Crippen LogP contribution is -2.68. The molecule has 0 bridgehead atoms. The Bertz CT molecular complexity index is 785. The Hall–Kier alpha value is -1.46. The first kappa shape index (κ1) is 15.8. The first-order valence-electron chi connectivity index (χ1n) is 9.17. The van der Waals surface area contributed by atoms with Crippen LogP contribution in [0.4, 0.5) is 0 Å². The lowest BCUT2D eigenvalue weighted by Gasteiger charge is -2.56. The van der Waals surface area contributed by atoms with Crippen LogP contribution in [0.1, 0.15) is 46.0 Å². The molecule has 4 aliphatic carbocycles. The fraction of sp³-hybridized carbons (Fsp3) is 0.700. The summed E-state index contributed by atoms with van der Waals surface area (Å²) in [5.41, 5.74) is -3.02. The second-order valence-corrected chi connectivity index (χ2v) is 9.37. The summed E-state index contributed by atoms with van der Waals surface area (Å²) >= 11 is 0. The zero-order chi connectivity index (χ0) is 18.0. The predicted molar refractivity (Wildman–Crippen MR) is 88.0 cm³/mol. The highest BCUT2D eigenvalue weighted by Gasteiger charge is 2.87. The number of ketones is 1. The molecule has 0 amide bonds. The fourth-order valence-corrected chi connectivity index (χ4v) is 6.69. The maximum atomic E-state index is 13.3. The molecule has 0 aromatic heterocycles. The van der Waals surface area contributed by atoms with Crippen LogP contribution in [0.2, 0.25) is 0 Å². The molecule has 1 aliphatic heterocycles. The van der Waals surface area contributed by atoms with Gasteiger partial charge in [-0.3, -0.25) is 9.59 Å². The number of fused-ring (bicyclic) bond motifs is 1. The van der Waals surface area contributed by atoms with Gasteiger partial charge in [-0.25, -0.2) is 0 Å². The summed E-state index contributed by atoms with van der Waals surface area (Å²) in [5, 5.41) is 23.0. The van der Waals surface area contributed by atoms with E-state index in [1.165, 1.54) is 0 Å². The summed E-state index contributed by atoms with van der Waals surface area (Å²) in [6.45, 7) is 7.60. The lowest BCUT2D eigenvalue weighted by molar-refractivity contribution is -0.237. The second-order valence-electron chi connectivity index (χ2n) is 9.37. The van der Waals surface area contributed by atoms with Crippen molar-refractivity contribution < 1.29 is 24.5 Å². The van der Waals surface area contributed by atoms with Gasteiger partial charge >= 0.3 is 5.97 Å². The number of Topliss-reactive ketones (excluding diaryl/α,β-unsaturated/α-hetero) is 1. The van der Waals surface area contributed by atoms with E-state index in [-0.39, 0.29) is 11.5 Å². The summed E-state index contributed by atoms with van der Waals surface area (Å²) in [7, 11) is 0. The minimum absolute atomic E-state index is 0.223. The van der Waals surface area contributed by atoms with E-state index in [9.17, 15) is 19.8 Å². The molecule has 5 rings (SSSR count). The topological polar surface area (TPSA) is 83.8 Å². The van der Waals surface area contributed by atoms with Crippen molar-refractivity contribution in [1.29, 1.82) is 0 Å². The van der Waals surface area contributed by atoms with Crippen molar-refractivity contribution in [2.75, 3.05) is 0 Å². The highest BCUT2D eigenvalue weighted by atomic mass is 16.7. The molecular formula is C20H24O5. The Balaban J connectivity index is 1.79. The smallest absolute Gasteiger partial charge is 0.315 e. The molecule has 5 nitrogen and oxygen atoms in total. The van der Waals surface area contributed by atoms with Gasteiger partial charge in [0.05, 0.1) is 16.9 Å². The third kappa shape index (κ3) is 1.40. The van der Waals surface area contributed by atoms with Crippen molar-refractivity contribution in [3.8, 4) is 0 Å². The molecule has 25 heavy (non-hydrogen) atoms. The third-order valence-electron chi connectivity index (χ3n) is 8.17. The van der Waals surface area contributed by atoms with E-state index in [4.69, 9.17) is 4.74 Å². The molecule has 134 valence electrons. The second kappa shape index (κ2) is 3.94. The molecule has 4 fully saturated rings. The minimum atomic E-state index is -2.14. The Morgan fingerprint density at radius 2 is 1.96 bits per heavy atom. The number of allylic oxidation sites excluding steroid dienone is 2. The number of carbonyl (C=O) groups excluding carboxylic acids is 2. The average Bonchev–Trinajstić information content (AvgIpc) is 3.26. The summed E-state index contributed by atoms with van der Waals surface area (Å²) < 4.78 is 5.36. The molecule has 0 radical (unpaired) electrons. The van der Waals surface area contributed by atoms with Crippen molar-refractivity contribution in [3.05, 3.63) is 24.3 Å². The zero-order valence-electron chi connectivity index (χ0n) is 14.7. The first-order valence-corrected chi connectivity index (χ1v) is 9.17. The molecule has 0 unspecified atom stereocenters. The molecule has 1 heterocycles. The van der Waals surface area contributed by atoms with Gasteiger partial charge in [0.15, 0.2) is 0 Å². The quantitative estimate of drug-likeness (QED) is 0.560. The summed E-state index contributed by atoms with van der Waals surface area (Å²) in [4.78, 5) is 25.9. The Morgan fingerprint density at radius 3 is 2.64 bits per heavy atom. The highest BCUT2D eigenvalue weighted by Crippen LogP contribution is 2.81. The van der Waals surface area contributed by atoms with Gasteiger partial charge in [-0.15, -0.1) is 6.58 Å². The van der Waals surface area contributed by atoms with E-state index in [0.717, 1.165) is 12.8 Å². The van der Waals surface area contributed by atoms with Crippen LogP contribution >= 0.6 is 0 Å². The largest absolute Gasteiger partial charge is 0.424 e. The number of aliphatic hydroxyl groups is 2.